The van der Waals surface area contributed by atoms with E-state index >= 15 is 0 Å². The molecule has 0 atom stereocenters. The minimum absolute atomic E-state index is 0.758. The molecule has 0 aliphatic heterocycles. The molecule has 0 bridgehead atoms. The Bertz CT molecular complexity index is 500. The fourth-order valence-corrected chi connectivity index (χ4v) is 2.01. The lowest BCUT2D eigenvalue weighted by Gasteiger charge is -2.04. The van der Waals surface area contributed by atoms with Crippen LogP contribution in [0.2, 0.25) is 0 Å². The first-order valence-corrected chi connectivity index (χ1v) is 6.53. The van der Waals surface area contributed by atoms with Crippen molar-refractivity contribution in [2.24, 2.45) is 5.92 Å². The molecule has 1 heterocycles. The summed E-state index contributed by atoms with van der Waals surface area (Å²) in [7, 11) is 0. The third-order valence-electron chi connectivity index (χ3n) is 3.02. The van der Waals surface area contributed by atoms with E-state index in [1.54, 1.807) is 0 Å². The van der Waals surface area contributed by atoms with Crippen LogP contribution in [0.1, 0.15) is 26.7 Å². The molecular formula is C15H21N3. The van der Waals surface area contributed by atoms with E-state index in [9.17, 15) is 0 Å². The van der Waals surface area contributed by atoms with Crippen molar-refractivity contribution in [2.75, 3.05) is 5.73 Å². The van der Waals surface area contributed by atoms with E-state index in [-0.39, 0.29) is 0 Å². The van der Waals surface area contributed by atoms with Crippen LogP contribution in [0.4, 0.5) is 5.69 Å². The van der Waals surface area contributed by atoms with Gasteiger partial charge in [0.05, 0.1) is 6.20 Å². The molecule has 0 saturated carbocycles. The van der Waals surface area contributed by atoms with Crippen LogP contribution >= 0.6 is 0 Å². The summed E-state index contributed by atoms with van der Waals surface area (Å²) in [4.78, 5) is 0. The highest BCUT2D eigenvalue weighted by atomic mass is 15.3. The third-order valence-corrected chi connectivity index (χ3v) is 3.02. The quantitative estimate of drug-likeness (QED) is 0.816. The lowest BCUT2D eigenvalue weighted by Crippen LogP contribution is -1.99. The van der Waals surface area contributed by atoms with Crippen molar-refractivity contribution in [1.82, 2.24) is 9.78 Å². The Morgan fingerprint density at radius 3 is 2.83 bits per heavy atom. The molecule has 0 spiro atoms. The Balaban J connectivity index is 2.02. The second kappa shape index (κ2) is 5.71. The molecule has 0 fully saturated rings. The van der Waals surface area contributed by atoms with Crippen molar-refractivity contribution in [1.29, 1.82) is 0 Å². The number of aryl methyl sites for hydroxylation is 1. The van der Waals surface area contributed by atoms with Gasteiger partial charge in [0.1, 0.15) is 0 Å². The van der Waals surface area contributed by atoms with Gasteiger partial charge >= 0.3 is 0 Å². The van der Waals surface area contributed by atoms with Gasteiger partial charge in [0.15, 0.2) is 0 Å². The van der Waals surface area contributed by atoms with Gasteiger partial charge in [-0.05, 0) is 36.5 Å². The van der Waals surface area contributed by atoms with Crippen LogP contribution in [0.5, 0.6) is 0 Å². The molecule has 0 amide bonds. The maximum absolute atomic E-state index is 5.79. The van der Waals surface area contributed by atoms with Gasteiger partial charge in [-0.1, -0.05) is 26.0 Å². The van der Waals surface area contributed by atoms with Gasteiger partial charge in [0.2, 0.25) is 0 Å². The molecule has 3 heteroatoms. The van der Waals surface area contributed by atoms with Crippen molar-refractivity contribution >= 4 is 5.69 Å². The van der Waals surface area contributed by atoms with Crippen LogP contribution in [0.3, 0.4) is 0 Å². The maximum atomic E-state index is 5.79. The summed E-state index contributed by atoms with van der Waals surface area (Å²) in [6.45, 7) is 5.49. The minimum atomic E-state index is 0.758. The summed E-state index contributed by atoms with van der Waals surface area (Å²) in [5, 5.41) is 4.39. The number of nitrogens with zero attached hydrogens (tertiary/aromatic N) is 2. The monoisotopic (exact) mass is 243 g/mol. The van der Waals surface area contributed by atoms with Gasteiger partial charge in [-0.2, -0.15) is 5.10 Å². The van der Waals surface area contributed by atoms with Crippen molar-refractivity contribution in [3.8, 4) is 11.1 Å². The van der Waals surface area contributed by atoms with Crippen molar-refractivity contribution in [2.45, 2.75) is 33.2 Å². The maximum Gasteiger partial charge on any atom is 0.0568 e. The fraction of sp³-hybridized carbons (Fsp3) is 0.400. The smallest absolute Gasteiger partial charge is 0.0568 e. The van der Waals surface area contributed by atoms with Crippen LogP contribution in [0.25, 0.3) is 11.1 Å². The molecule has 18 heavy (non-hydrogen) atoms. The highest BCUT2D eigenvalue weighted by Crippen LogP contribution is 2.20. The summed E-state index contributed by atoms with van der Waals surface area (Å²) in [5.41, 5.74) is 8.84. The average Bonchev–Trinajstić information content (AvgIpc) is 2.77. The SMILES string of the molecule is CC(C)CCCn1cc(-c2cccc(N)c2)cn1. The Morgan fingerprint density at radius 1 is 1.28 bits per heavy atom. The van der Waals surface area contributed by atoms with Gasteiger partial charge in [-0.15, -0.1) is 0 Å². The van der Waals surface area contributed by atoms with E-state index in [1.165, 1.54) is 12.8 Å². The van der Waals surface area contributed by atoms with Crippen LogP contribution in [-0.2, 0) is 6.54 Å². The summed E-state index contributed by atoms with van der Waals surface area (Å²) >= 11 is 0. The second-order valence-corrected chi connectivity index (χ2v) is 5.15. The summed E-state index contributed by atoms with van der Waals surface area (Å²) in [5.74, 6) is 0.758. The van der Waals surface area contributed by atoms with Gasteiger partial charge in [-0.25, -0.2) is 0 Å². The first-order valence-electron chi connectivity index (χ1n) is 6.53. The average molecular weight is 243 g/mol. The molecule has 3 nitrogen and oxygen atoms in total. The predicted molar refractivity (Wildman–Crippen MR) is 76.1 cm³/mol. The van der Waals surface area contributed by atoms with E-state index in [0.29, 0.717) is 0 Å². The van der Waals surface area contributed by atoms with E-state index < -0.39 is 0 Å². The van der Waals surface area contributed by atoms with E-state index in [0.717, 1.165) is 29.3 Å². The van der Waals surface area contributed by atoms with Gasteiger partial charge in [0, 0.05) is 24.0 Å². The number of aromatic nitrogens is 2. The Labute approximate surface area is 109 Å². The molecule has 0 radical (unpaired) electrons. The van der Waals surface area contributed by atoms with E-state index in [4.69, 9.17) is 5.73 Å². The Kier molecular flexibility index (Phi) is 4.03. The molecule has 0 unspecified atom stereocenters. The zero-order valence-electron chi connectivity index (χ0n) is 11.1. The zero-order chi connectivity index (χ0) is 13.0. The standard InChI is InChI=1S/C15H21N3/c1-12(2)5-4-8-18-11-14(10-17-18)13-6-3-7-15(16)9-13/h3,6-7,9-12H,4-5,8,16H2,1-2H3. The van der Waals surface area contributed by atoms with Crippen LogP contribution in [-0.4, -0.2) is 9.78 Å². The largest absolute Gasteiger partial charge is 0.399 e. The van der Waals surface area contributed by atoms with Crippen LogP contribution in [0, 0.1) is 5.92 Å². The summed E-state index contributed by atoms with van der Waals surface area (Å²) in [6, 6.07) is 7.92. The highest BCUT2D eigenvalue weighted by molar-refractivity contribution is 5.65. The fourth-order valence-electron chi connectivity index (χ4n) is 2.01. The van der Waals surface area contributed by atoms with Crippen molar-refractivity contribution in [3.63, 3.8) is 0 Å². The lowest BCUT2D eigenvalue weighted by molar-refractivity contribution is 0.490. The predicted octanol–water partition coefficient (Wildman–Crippen LogP) is 3.57. The molecule has 0 aliphatic rings. The number of nitrogens with two attached hydrogens (primary N) is 1. The zero-order valence-corrected chi connectivity index (χ0v) is 11.1. The second-order valence-electron chi connectivity index (χ2n) is 5.15. The number of anilines is 1. The molecule has 0 saturated heterocycles. The number of benzene rings is 1. The molecule has 2 aromatic rings. The van der Waals surface area contributed by atoms with Gasteiger partial charge < -0.3 is 5.73 Å². The molecule has 1 aromatic carbocycles. The molecule has 2 rings (SSSR count). The lowest BCUT2D eigenvalue weighted by atomic mass is 10.1. The number of hydrogen-bond acceptors (Lipinski definition) is 2. The molecule has 2 N–H and O–H groups in total. The molecule has 1 aromatic heterocycles. The van der Waals surface area contributed by atoms with Crippen molar-refractivity contribution in [3.05, 3.63) is 36.7 Å². The number of hydrogen-bond donors (Lipinski definition) is 1. The van der Waals surface area contributed by atoms with Crippen molar-refractivity contribution < 1.29 is 0 Å². The third kappa shape index (κ3) is 3.36. The van der Waals surface area contributed by atoms with E-state index in [1.807, 2.05) is 29.1 Å². The van der Waals surface area contributed by atoms with Gasteiger partial charge in [-0.3, -0.25) is 4.68 Å². The Morgan fingerprint density at radius 2 is 2.11 bits per heavy atom. The normalized spacial score (nSPS) is 11.1. The van der Waals surface area contributed by atoms with E-state index in [2.05, 4.69) is 31.2 Å². The molecule has 0 aliphatic carbocycles. The van der Waals surface area contributed by atoms with Crippen LogP contribution in [0.15, 0.2) is 36.7 Å². The molecule has 96 valence electrons. The summed E-state index contributed by atoms with van der Waals surface area (Å²) in [6.07, 6.45) is 6.42. The minimum Gasteiger partial charge on any atom is -0.399 e. The first-order chi connectivity index (χ1) is 8.65. The topological polar surface area (TPSA) is 43.8 Å². The number of rotatable bonds is 5. The summed E-state index contributed by atoms with van der Waals surface area (Å²) < 4.78 is 2.01. The highest BCUT2D eigenvalue weighted by Gasteiger charge is 2.02. The van der Waals surface area contributed by atoms with Gasteiger partial charge in [0.25, 0.3) is 0 Å². The first kappa shape index (κ1) is 12.7. The number of nitrogen functional groups attached to an aromatic ring is 1. The van der Waals surface area contributed by atoms with Crippen LogP contribution < -0.4 is 5.73 Å². The molecular weight excluding hydrogens is 222 g/mol. The Hall–Kier alpha value is -1.77.